The molecule has 0 aromatic carbocycles. The van der Waals surface area contributed by atoms with Crippen molar-refractivity contribution in [2.45, 2.75) is 51.7 Å². The van der Waals surface area contributed by atoms with Gasteiger partial charge in [0.25, 0.3) is 0 Å². The van der Waals surface area contributed by atoms with Crippen LogP contribution in [0.4, 0.5) is 0 Å². The van der Waals surface area contributed by atoms with Gasteiger partial charge in [-0.15, -0.1) is 0 Å². The summed E-state index contributed by atoms with van der Waals surface area (Å²) in [6.45, 7) is 5.37. The van der Waals surface area contributed by atoms with Gasteiger partial charge in [-0.05, 0) is 26.2 Å². The van der Waals surface area contributed by atoms with Crippen LogP contribution in [0.5, 0.6) is 0 Å². The van der Waals surface area contributed by atoms with Gasteiger partial charge in [0.1, 0.15) is 0 Å². The minimum absolute atomic E-state index is 0.0642. The van der Waals surface area contributed by atoms with E-state index in [0.717, 1.165) is 18.7 Å². The molecule has 0 bridgehead atoms. The van der Waals surface area contributed by atoms with Gasteiger partial charge in [0.15, 0.2) is 0 Å². The summed E-state index contributed by atoms with van der Waals surface area (Å²) in [5.41, 5.74) is 1.16. The lowest BCUT2D eigenvalue weighted by Crippen LogP contribution is -2.42. The summed E-state index contributed by atoms with van der Waals surface area (Å²) in [6.07, 6.45) is 7.22. The van der Waals surface area contributed by atoms with Crippen molar-refractivity contribution in [1.82, 2.24) is 20.2 Å². The van der Waals surface area contributed by atoms with Gasteiger partial charge in [-0.1, -0.05) is 6.92 Å². The quantitative estimate of drug-likeness (QED) is 0.765. The number of hydrogen-bond donors (Lipinski definition) is 2. The molecular formula is C13H22N4O. The summed E-state index contributed by atoms with van der Waals surface area (Å²) in [5.74, 6) is 0.0642. The number of amides is 1. The van der Waals surface area contributed by atoms with Crippen molar-refractivity contribution < 1.29 is 4.79 Å². The van der Waals surface area contributed by atoms with E-state index in [0.29, 0.717) is 12.6 Å². The van der Waals surface area contributed by atoms with Crippen molar-refractivity contribution in [2.75, 3.05) is 6.54 Å². The standard InChI is InChI=1S/C13H22N4O/c1-3-6-15-13(18)10(2)16-8-12-7-14-9-17(12)11-4-5-11/h7,9-11,16H,3-6,8H2,1-2H3,(H,15,18). The number of hydrogen-bond acceptors (Lipinski definition) is 3. The first-order valence-electron chi connectivity index (χ1n) is 6.74. The van der Waals surface area contributed by atoms with Crippen molar-refractivity contribution in [1.29, 1.82) is 0 Å². The second-order valence-corrected chi connectivity index (χ2v) is 4.92. The van der Waals surface area contributed by atoms with Crippen molar-refractivity contribution in [3.05, 3.63) is 18.2 Å². The molecule has 0 aliphatic heterocycles. The second kappa shape index (κ2) is 6.00. The fraction of sp³-hybridized carbons (Fsp3) is 0.692. The van der Waals surface area contributed by atoms with Crippen LogP contribution in [-0.2, 0) is 11.3 Å². The summed E-state index contributed by atoms with van der Waals surface area (Å²) >= 11 is 0. The van der Waals surface area contributed by atoms with Gasteiger partial charge in [0.2, 0.25) is 5.91 Å². The first kappa shape index (κ1) is 13.1. The molecule has 1 aromatic heterocycles. The lowest BCUT2D eigenvalue weighted by atomic mass is 10.3. The molecular weight excluding hydrogens is 228 g/mol. The summed E-state index contributed by atoms with van der Waals surface area (Å²) in [5, 5.41) is 6.13. The van der Waals surface area contributed by atoms with E-state index in [4.69, 9.17) is 0 Å². The average Bonchev–Trinajstić information content (AvgIpc) is 3.12. The predicted molar refractivity (Wildman–Crippen MR) is 70.1 cm³/mol. The number of carbonyl (C=O) groups excluding carboxylic acids is 1. The lowest BCUT2D eigenvalue weighted by molar-refractivity contribution is -0.122. The number of rotatable bonds is 7. The molecule has 0 spiro atoms. The molecule has 1 atom stereocenters. The first-order valence-corrected chi connectivity index (χ1v) is 6.74. The summed E-state index contributed by atoms with van der Waals surface area (Å²) in [6, 6.07) is 0.465. The molecule has 0 saturated heterocycles. The van der Waals surface area contributed by atoms with Crippen LogP contribution in [0.15, 0.2) is 12.5 Å². The highest BCUT2D eigenvalue weighted by molar-refractivity contribution is 5.81. The molecule has 1 aliphatic rings. The third-order valence-corrected chi connectivity index (χ3v) is 3.22. The molecule has 100 valence electrons. The Morgan fingerprint density at radius 1 is 1.61 bits per heavy atom. The molecule has 2 N–H and O–H groups in total. The minimum Gasteiger partial charge on any atom is -0.355 e. The van der Waals surface area contributed by atoms with Gasteiger partial charge in [-0.3, -0.25) is 4.79 Å². The number of nitrogens with one attached hydrogen (secondary N) is 2. The molecule has 1 fully saturated rings. The molecule has 1 heterocycles. The van der Waals surface area contributed by atoms with Crippen LogP contribution in [0.1, 0.15) is 44.8 Å². The van der Waals surface area contributed by atoms with Crippen LogP contribution in [0.2, 0.25) is 0 Å². The molecule has 1 unspecified atom stereocenters. The molecule has 1 aromatic rings. The van der Waals surface area contributed by atoms with Crippen molar-refractivity contribution in [3.8, 4) is 0 Å². The fourth-order valence-electron chi connectivity index (χ4n) is 1.90. The second-order valence-electron chi connectivity index (χ2n) is 4.92. The van der Waals surface area contributed by atoms with Gasteiger partial charge in [0, 0.05) is 25.3 Å². The van der Waals surface area contributed by atoms with Gasteiger partial charge in [0.05, 0.1) is 18.1 Å². The highest BCUT2D eigenvalue weighted by Crippen LogP contribution is 2.35. The predicted octanol–water partition coefficient (Wildman–Crippen LogP) is 1.22. The number of imidazole rings is 1. The minimum atomic E-state index is -0.167. The monoisotopic (exact) mass is 250 g/mol. The summed E-state index contributed by atoms with van der Waals surface area (Å²) < 4.78 is 2.21. The maximum Gasteiger partial charge on any atom is 0.236 e. The van der Waals surface area contributed by atoms with Crippen molar-refractivity contribution in [2.24, 2.45) is 0 Å². The van der Waals surface area contributed by atoms with Crippen LogP contribution in [-0.4, -0.2) is 28.0 Å². The zero-order valence-corrected chi connectivity index (χ0v) is 11.1. The van der Waals surface area contributed by atoms with Crippen LogP contribution >= 0.6 is 0 Å². The van der Waals surface area contributed by atoms with E-state index in [1.54, 1.807) is 0 Å². The third kappa shape index (κ3) is 3.32. The Hall–Kier alpha value is -1.36. The molecule has 1 aliphatic carbocycles. The Morgan fingerprint density at radius 2 is 2.39 bits per heavy atom. The maximum absolute atomic E-state index is 11.7. The Balaban J connectivity index is 1.79. The normalized spacial score (nSPS) is 16.6. The SMILES string of the molecule is CCCNC(=O)C(C)NCc1cncn1C1CC1. The van der Waals surface area contributed by atoms with Crippen molar-refractivity contribution >= 4 is 5.91 Å². The molecule has 5 nitrogen and oxygen atoms in total. The van der Waals surface area contributed by atoms with Crippen LogP contribution in [0.3, 0.4) is 0 Å². The number of aromatic nitrogens is 2. The number of carbonyl (C=O) groups is 1. The molecule has 5 heteroatoms. The summed E-state index contributed by atoms with van der Waals surface area (Å²) in [7, 11) is 0. The van der Waals surface area contributed by atoms with Crippen molar-refractivity contribution in [3.63, 3.8) is 0 Å². The average molecular weight is 250 g/mol. The third-order valence-electron chi connectivity index (χ3n) is 3.22. The smallest absolute Gasteiger partial charge is 0.236 e. The topological polar surface area (TPSA) is 59.0 Å². The molecule has 18 heavy (non-hydrogen) atoms. The van der Waals surface area contributed by atoms with E-state index in [9.17, 15) is 4.79 Å². The molecule has 1 saturated carbocycles. The van der Waals surface area contributed by atoms with E-state index in [1.165, 1.54) is 12.8 Å². The Bertz CT molecular complexity index is 397. The first-order chi connectivity index (χ1) is 8.72. The zero-order chi connectivity index (χ0) is 13.0. The Labute approximate surface area is 108 Å². The maximum atomic E-state index is 11.7. The Morgan fingerprint density at radius 3 is 3.06 bits per heavy atom. The van der Waals surface area contributed by atoms with Crippen LogP contribution in [0.25, 0.3) is 0 Å². The van der Waals surface area contributed by atoms with E-state index in [1.807, 2.05) is 26.4 Å². The van der Waals surface area contributed by atoms with E-state index in [2.05, 4.69) is 20.2 Å². The highest BCUT2D eigenvalue weighted by Gasteiger charge is 2.25. The molecule has 0 radical (unpaired) electrons. The van der Waals surface area contributed by atoms with E-state index >= 15 is 0 Å². The fourth-order valence-corrected chi connectivity index (χ4v) is 1.90. The van der Waals surface area contributed by atoms with Gasteiger partial charge < -0.3 is 15.2 Å². The van der Waals surface area contributed by atoms with Crippen LogP contribution in [0, 0.1) is 0 Å². The summed E-state index contributed by atoms with van der Waals surface area (Å²) in [4.78, 5) is 15.9. The largest absolute Gasteiger partial charge is 0.355 e. The lowest BCUT2D eigenvalue weighted by Gasteiger charge is -2.14. The molecule has 2 rings (SSSR count). The van der Waals surface area contributed by atoms with Gasteiger partial charge in [-0.25, -0.2) is 4.98 Å². The van der Waals surface area contributed by atoms with E-state index in [-0.39, 0.29) is 11.9 Å². The Kier molecular flexibility index (Phi) is 4.36. The highest BCUT2D eigenvalue weighted by atomic mass is 16.2. The van der Waals surface area contributed by atoms with Gasteiger partial charge in [-0.2, -0.15) is 0 Å². The van der Waals surface area contributed by atoms with E-state index < -0.39 is 0 Å². The van der Waals surface area contributed by atoms with Gasteiger partial charge >= 0.3 is 0 Å². The zero-order valence-electron chi connectivity index (χ0n) is 11.1. The molecule has 1 amide bonds. The number of nitrogens with zero attached hydrogens (tertiary/aromatic N) is 2. The van der Waals surface area contributed by atoms with Crippen LogP contribution < -0.4 is 10.6 Å².